The highest BCUT2D eigenvalue weighted by Crippen LogP contribution is 2.13. The van der Waals surface area contributed by atoms with E-state index in [1.807, 2.05) is 39.0 Å². The monoisotopic (exact) mass is 310 g/mol. The van der Waals surface area contributed by atoms with Crippen LogP contribution in [0.15, 0.2) is 24.3 Å². The fraction of sp³-hybridized carbons (Fsp3) is 0.500. The van der Waals surface area contributed by atoms with Gasteiger partial charge in [-0.3, -0.25) is 9.59 Å². The van der Waals surface area contributed by atoms with Crippen LogP contribution in [-0.4, -0.2) is 30.3 Å². The van der Waals surface area contributed by atoms with Gasteiger partial charge in [-0.05, 0) is 17.7 Å². The van der Waals surface area contributed by atoms with E-state index in [4.69, 9.17) is 11.6 Å². The smallest absolute Gasteiger partial charge is 0.225 e. The van der Waals surface area contributed by atoms with Gasteiger partial charge in [-0.2, -0.15) is 0 Å². The van der Waals surface area contributed by atoms with Gasteiger partial charge in [-0.15, -0.1) is 0 Å². The molecular weight excluding hydrogens is 288 g/mol. The van der Waals surface area contributed by atoms with E-state index in [0.717, 1.165) is 5.56 Å². The second-order valence-electron chi connectivity index (χ2n) is 6.14. The summed E-state index contributed by atoms with van der Waals surface area (Å²) in [4.78, 5) is 25.3. The predicted molar refractivity (Wildman–Crippen MR) is 85.0 cm³/mol. The maximum absolute atomic E-state index is 12.0. The van der Waals surface area contributed by atoms with E-state index in [-0.39, 0.29) is 11.8 Å². The van der Waals surface area contributed by atoms with Crippen molar-refractivity contribution in [2.24, 2.45) is 5.41 Å². The van der Waals surface area contributed by atoms with Gasteiger partial charge in [0.1, 0.15) is 0 Å². The SMILES string of the molecule is CN(Cc1cccc(Cl)c1)C(=O)CCNC(=O)C(C)(C)C. The molecule has 0 aliphatic heterocycles. The number of carbonyl (C=O) groups is 2. The third-order valence-corrected chi connectivity index (χ3v) is 3.28. The average molecular weight is 311 g/mol. The van der Waals surface area contributed by atoms with Gasteiger partial charge in [0.05, 0.1) is 0 Å². The molecule has 5 heteroatoms. The fourth-order valence-corrected chi connectivity index (χ4v) is 1.95. The molecule has 1 aromatic carbocycles. The Balaban J connectivity index is 2.40. The Morgan fingerprint density at radius 3 is 2.52 bits per heavy atom. The maximum atomic E-state index is 12.0. The summed E-state index contributed by atoms with van der Waals surface area (Å²) in [7, 11) is 1.74. The number of halogens is 1. The standard InChI is InChI=1S/C16H23ClN2O2/c1-16(2,3)15(21)18-9-8-14(20)19(4)11-12-6-5-7-13(17)10-12/h5-7,10H,8-9,11H2,1-4H3,(H,18,21). The summed E-state index contributed by atoms with van der Waals surface area (Å²) in [6.07, 6.45) is 0.291. The number of hydrogen-bond acceptors (Lipinski definition) is 2. The van der Waals surface area contributed by atoms with Gasteiger partial charge in [0, 0.05) is 37.0 Å². The first-order chi connectivity index (χ1) is 9.70. The number of rotatable bonds is 5. The van der Waals surface area contributed by atoms with E-state index in [1.54, 1.807) is 18.0 Å². The number of benzene rings is 1. The summed E-state index contributed by atoms with van der Waals surface area (Å²) < 4.78 is 0. The molecule has 1 aromatic rings. The third-order valence-electron chi connectivity index (χ3n) is 3.04. The summed E-state index contributed by atoms with van der Waals surface area (Å²) >= 11 is 5.92. The Hall–Kier alpha value is -1.55. The van der Waals surface area contributed by atoms with Gasteiger partial charge in [0.2, 0.25) is 11.8 Å². The zero-order chi connectivity index (χ0) is 16.0. The van der Waals surface area contributed by atoms with Crippen LogP contribution in [0.5, 0.6) is 0 Å². The zero-order valence-corrected chi connectivity index (χ0v) is 13.8. The number of nitrogens with zero attached hydrogens (tertiary/aromatic N) is 1. The molecule has 0 aliphatic carbocycles. The molecule has 1 N–H and O–H groups in total. The quantitative estimate of drug-likeness (QED) is 0.909. The summed E-state index contributed by atoms with van der Waals surface area (Å²) in [5, 5.41) is 3.43. The van der Waals surface area contributed by atoms with Crippen LogP contribution in [0.3, 0.4) is 0 Å². The van der Waals surface area contributed by atoms with E-state index < -0.39 is 5.41 Å². The molecule has 0 aliphatic rings. The Labute approximate surface area is 131 Å². The van der Waals surface area contributed by atoms with Gasteiger partial charge in [0.25, 0.3) is 0 Å². The first kappa shape index (κ1) is 17.5. The molecule has 1 rings (SSSR count). The van der Waals surface area contributed by atoms with Crippen molar-refractivity contribution in [3.63, 3.8) is 0 Å². The van der Waals surface area contributed by atoms with Gasteiger partial charge < -0.3 is 10.2 Å². The normalized spacial score (nSPS) is 11.1. The van der Waals surface area contributed by atoms with Crippen LogP contribution < -0.4 is 5.32 Å². The lowest BCUT2D eigenvalue weighted by molar-refractivity contribution is -0.131. The van der Waals surface area contributed by atoms with Crippen LogP contribution in [0.4, 0.5) is 0 Å². The number of hydrogen-bond donors (Lipinski definition) is 1. The lowest BCUT2D eigenvalue weighted by Crippen LogP contribution is -2.37. The van der Waals surface area contributed by atoms with E-state index in [1.165, 1.54) is 0 Å². The molecule has 0 saturated heterocycles. The minimum Gasteiger partial charge on any atom is -0.355 e. The highest BCUT2D eigenvalue weighted by molar-refractivity contribution is 6.30. The summed E-state index contributed by atoms with van der Waals surface area (Å²) in [5.74, 6) is -0.0584. The van der Waals surface area contributed by atoms with Crippen LogP contribution in [0.2, 0.25) is 5.02 Å². The van der Waals surface area contributed by atoms with Crippen LogP contribution in [0.1, 0.15) is 32.8 Å². The Morgan fingerprint density at radius 1 is 1.29 bits per heavy atom. The topological polar surface area (TPSA) is 49.4 Å². The van der Waals surface area contributed by atoms with Crippen molar-refractivity contribution in [3.8, 4) is 0 Å². The minimum absolute atomic E-state index is 0.0100. The largest absolute Gasteiger partial charge is 0.355 e. The van der Waals surface area contributed by atoms with Crippen molar-refractivity contribution in [1.82, 2.24) is 10.2 Å². The zero-order valence-electron chi connectivity index (χ0n) is 13.1. The number of nitrogens with one attached hydrogen (secondary N) is 1. The summed E-state index contributed by atoms with van der Waals surface area (Å²) in [6.45, 7) is 6.39. The molecule has 0 spiro atoms. The highest BCUT2D eigenvalue weighted by atomic mass is 35.5. The van der Waals surface area contributed by atoms with Crippen molar-refractivity contribution < 1.29 is 9.59 Å². The van der Waals surface area contributed by atoms with Crippen LogP contribution >= 0.6 is 11.6 Å². The van der Waals surface area contributed by atoms with E-state index in [9.17, 15) is 9.59 Å². The molecule has 0 bridgehead atoms. The molecule has 0 radical (unpaired) electrons. The molecule has 0 saturated carbocycles. The molecule has 0 heterocycles. The van der Waals surface area contributed by atoms with E-state index in [2.05, 4.69) is 5.32 Å². The first-order valence-electron chi connectivity index (χ1n) is 6.97. The van der Waals surface area contributed by atoms with Crippen molar-refractivity contribution in [1.29, 1.82) is 0 Å². The van der Waals surface area contributed by atoms with Crippen molar-refractivity contribution in [2.45, 2.75) is 33.7 Å². The van der Waals surface area contributed by atoms with Crippen LogP contribution in [0, 0.1) is 5.41 Å². The molecule has 0 fully saturated rings. The highest BCUT2D eigenvalue weighted by Gasteiger charge is 2.20. The second kappa shape index (κ2) is 7.46. The maximum Gasteiger partial charge on any atom is 0.225 e. The Kier molecular flexibility index (Phi) is 6.21. The third kappa shape index (κ3) is 6.17. The predicted octanol–water partition coefficient (Wildman–Crippen LogP) is 2.85. The Morgan fingerprint density at radius 2 is 1.95 bits per heavy atom. The van der Waals surface area contributed by atoms with Crippen molar-refractivity contribution in [3.05, 3.63) is 34.9 Å². The van der Waals surface area contributed by atoms with Crippen LogP contribution in [-0.2, 0) is 16.1 Å². The van der Waals surface area contributed by atoms with Gasteiger partial charge in [0.15, 0.2) is 0 Å². The fourth-order valence-electron chi connectivity index (χ4n) is 1.74. The van der Waals surface area contributed by atoms with Crippen molar-refractivity contribution >= 4 is 23.4 Å². The second-order valence-corrected chi connectivity index (χ2v) is 6.57. The van der Waals surface area contributed by atoms with Crippen molar-refractivity contribution in [2.75, 3.05) is 13.6 Å². The van der Waals surface area contributed by atoms with Gasteiger partial charge in [-0.25, -0.2) is 0 Å². The average Bonchev–Trinajstić information content (AvgIpc) is 2.37. The molecule has 0 atom stereocenters. The van der Waals surface area contributed by atoms with Gasteiger partial charge in [-0.1, -0.05) is 44.5 Å². The Bertz CT molecular complexity index is 509. The number of carbonyl (C=O) groups excluding carboxylic acids is 2. The molecule has 4 nitrogen and oxygen atoms in total. The lowest BCUT2D eigenvalue weighted by atomic mass is 9.96. The summed E-state index contributed by atoms with van der Waals surface area (Å²) in [5.41, 5.74) is 0.549. The minimum atomic E-state index is -0.435. The van der Waals surface area contributed by atoms with E-state index in [0.29, 0.717) is 24.5 Å². The molecule has 0 unspecified atom stereocenters. The first-order valence-corrected chi connectivity index (χ1v) is 7.34. The molecule has 116 valence electrons. The van der Waals surface area contributed by atoms with Crippen LogP contribution in [0.25, 0.3) is 0 Å². The molecule has 2 amide bonds. The molecule has 21 heavy (non-hydrogen) atoms. The lowest BCUT2D eigenvalue weighted by Gasteiger charge is -2.20. The molecule has 0 aromatic heterocycles. The molecular formula is C16H23ClN2O2. The number of amides is 2. The summed E-state index contributed by atoms with van der Waals surface area (Å²) in [6, 6.07) is 7.43. The van der Waals surface area contributed by atoms with Gasteiger partial charge >= 0.3 is 0 Å². The van der Waals surface area contributed by atoms with E-state index >= 15 is 0 Å².